The van der Waals surface area contributed by atoms with E-state index in [1.54, 1.807) is 35.3 Å². The lowest BCUT2D eigenvalue weighted by Gasteiger charge is -2.08. The minimum absolute atomic E-state index is 0.152. The number of hydrogen-bond acceptors (Lipinski definition) is 7. The Balaban J connectivity index is 1.54. The van der Waals surface area contributed by atoms with E-state index in [0.29, 0.717) is 49.3 Å². The van der Waals surface area contributed by atoms with Gasteiger partial charge in [0, 0.05) is 29.4 Å². The number of aromatic nitrogens is 8. The molecule has 6 aromatic rings. The lowest BCUT2D eigenvalue weighted by molar-refractivity contribution is 0.0924. The van der Waals surface area contributed by atoms with Crippen molar-refractivity contribution in [2.24, 2.45) is 0 Å². The normalized spacial score (nSPS) is 11.8. The van der Waals surface area contributed by atoms with Crippen LogP contribution in [0.3, 0.4) is 0 Å². The number of nitrogens with zero attached hydrogens (tertiary/aromatic N) is 6. The minimum Gasteiger partial charge on any atom is -0.295 e. The number of carbonyl (C=O) groups excluding carboxylic acids is 1. The Labute approximate surface area is 228 Å². The van der Waals surface area contributed by atoms with Gasteiger partial charge in [-0.2, -0.15) is 0 Å². The van der Waals surface area contributed by atoms with Crippen molar-refractivity contribution in [2.75, 3.05) is 0 Å². The Hall–Kier alpha value is -5.29. The van der Waals surface area contributed by atoms with Gasteiger partial charge in [0.2, 0.25) is 5.91 Å². The van der Waals surface area contributed by atoms with E-state index in [9.17, 15) is 4.79 Å². The first-order valence-corrected chi connectivity index (χ1v) is 13.3. The van der Waals surface area contributed by atoms with Crippen LogP contribution in [0.15, 0.2) is 79.4 Å². The average Bonchev–Trinajstić information content (AvgIpc) is 3.72. The molecule has 0 fully saturated rings. The van der Waals surface area contributed by atoms with Crippen molar-refractivity contribution >= 4 is 70.9 Å². The fraction of sp³-hybridized carbons (Fsp3) is 0.0345. The third kappa shape index (κ3) is 3.45. The van der Waals surface area contributed by atoms with Crippen LogP contribution in [0, 0.1) is 5.82 Å². The molecular formula is C29H17FN8OS. The number of pyridine rings is 3. The van der Waals surface area contributed by atoms with Gasteiger partial charge in [-0.3, -0.25) is 29.5 Å². The summed E-state index contributed by atoms with van der Waals surface area (Å²) in [5.74, 6) is -0.653. The van der Waals surface area contributed by atoms with Gasteiger partial charge in [0.05, 0.1) is 33.9 Å². The highest BCUT2D eigenvalue weighted by molar-refractivity contribution is 7.24. The standard InChI is InChI=1S/C29H17FN8OS/c30-24-18-14-33-28-23(24)27(36-37-28)29-34-19-8-9-32-26(25(19)35-29)20-6-7-22(40-20)38(17-11-16(18)12-31-13-17)21(39)10-15-4-2-1-3-5-15/h1-9,11-14,36H,10H2,(H,33,37). The van der Waals surface area contributed by atoms with Gasteiger partial charge in [-0.15, -0.1) is 11.3 Å². The molecule has 0 atom stereocenters. The van der Waals surface area contributed by atoms with Crippen molar-refractivity contribution in [3.63, 3.8) is 0 Å². The largest absolute Gasteiger partial charge is 0.295 e. The Bertz CT molecular complexity index is 2300. The predicted octanol–water partition coefficient (Wildman–Crippen LogP) is 6.20. The van der Waals surface area contributed by atoms with E-state index in [1.165, 1.54) is 17.5 Å². The second kappa shape index (κ2) is 8.61. The molecule has 0 radical (unpaired) electrons. The number of halogens is 1. The fourth-order valence-electron chi connectivity index (χ4n) is 5.06. The van der Waals surface area contributed by atoms with Crippen LogP contribution in [-0.2, 0) is 6.42 Å². The van der Waals surface area contributed by atoms with Crippen LogP contribution in [0.2, 0.25) is 0 Å². The van der Waals surface area contributed by atoms with Crippen LogP contribution in [-0.4, -0.2) is 45.6 Å². The minimum atomic E-state index is -0.501. The summed E-state index contributed by atoms with van der Waals surface area (Å²) < 4.78 is 18.7. The van der Waals surface area contributed by atoms with E-state index in [4.69, 9.17) is 4.98 Å². The van der Waals surface area contributed by atoms with Crippen LogP contribution in [0.25, 0.3) is 64.9 Å². The molecule has 7 heterocycles. The molecule has 0 amide bonds. The number of fused-ring (bicyclic) bond motifs is 9. The molecule has 5 aromatic heterocycles. The van der Waals surface area contributed by atoms with Crippen molar-refractivity contribution < 1.29 is 9.18 Å². The first-order chi connectivity index (χ1) is 19.6. The van der Waals surface area contributed by atoms with Crippen molar-refractivity contribution in [3.8, 4) is 11.3 Å². The molecule has 8 bridgehead atoms. The van der Waals surface area contributed by atoms with Crippen LogP contribution in [0.5, 0.6) is 0 Å². The summed E-state index contributed by atoms with van der Waals surface area (Å²) in [6.45, 7) is 0. The van der Waals surface area contributed by atoms with Gasteiger partial charge in [0.15, 0.2) is 11.3 Å². The van der Waals surface area contributed by atoms with Gasteiger partial charge >= 0.3 is 0 Å². The lowest BCUT2D eigenvalue weighted by Crippen LogP contribution is -2.14. The van der Waals surface area contributed by atoms with Gasteiger partial charge in [0.25, 0.3) is 0 Å². The molecule has 0 saturated heterocycles. The molecule has 1 aromatic carbocycles. The van der Waals surface area contributed by atoms with E-state index in [0.717, 1.165) is 10.3 Å². The second-order valence-corrected chi connectivity index (χ2v) is 10.4. The van der Waals surface area contributed by atoms with Crippen molar-refractivity contribution in [2.45, 2.75) is 6.42 Å². The molecule has 0 aliphatic carbocycles. The highest BCUT2D eigenvalue weighted by Gasteiger charge is 2.21. The monoisotopic (exact) mass is 544 g/mol. The van der Waals surface area contributed by atoms with Crippen LogP contribution < -0.4 is 0 Å². The summed E-state index contributed by atoms with van der Waals surface area (Å²) in [5.41, 5.74) is 4.51. The van der Waals surface area contributed by atoms with Crippen LogP contribution in [0.4, 0.5) is 4.39 Å². The van der Waals surface area contributed by atoms with E-state index >= 15 is 4.39 Å². The molecule has 2 aliphatic heterocycles. The predicted molar refractivity (Wildman–Crippen MR) is 152 cm³/mol. The third-order valence-corrected chi connectivity index (χ3v) is 8.01. The van der Waals surface area contributed by atoms with E-state index in [-0.39, 0.29) is 23.3 Å². The van der Waals surface area contributed by atoms with Gasteiger partial charge in [0.1, 0.15) is 27.4 Å². The first-order valence-electron chi connectivity index (χ1n) is 12.4. The number of H-pyrrole nitrogens is 2. The zero-order valence-electron chi connectivity index (χ0n) is 20.6. The Morgan fingerprint density at radius 3 is 2.75 bits per heavy atom. The molecule has 192 valence electrons. The van der Waals surface area contributed by atoms with Crippen molar-refractivity contribution in [1.29, 1.82) is 0 Å². The summed E-state index contributed by atoms with van der Waals surface area (Å²) in [4.78, 5) is 37.4. The molecule has 0 saturated carbocycles. The van der Waals surface area contributed by atoms with E-state index < -0.39 is 5.82 Å². The summed E-state index contributed by atoms with van der Waals surface area (Å²) in [6, 6.07) is 16.9. The van der Waals surface area contributed by atoms with Gasteiger partial charge in [-0.1, -0.05) is 30.3 Å². The Kier molecular flexibility index (Phi) is 4.88. The maximum Gasteiger partial charge on any atom is 0.236 e. The quantitative estimate of drug-likeness (QED) is 0.268. The van der Waals surface area contributed by atoms with Crippen LogP contribution in [0.1, 0.15) is 10.4 Å². The zero-order valence-corrected chi connectivity index (χ0v) is 21.4. The van der Waals surface area contributed by atoms with Gasteiger partial charge in [-0.25, -0.2) is 19.3 Å². The van der Waals surface area contributed by atoms with Gasteiger partial charge in [-0.05, 0) is 29.8 Å². The molecule has 0 unspecified atom stereocenters. The maximum absolute atomic E-state index is 16.2. The highest BCUT2D eigenvalue weighted by atomic mass is 32.1. The lowest BCUT2D eigenvalue weighted by atomic mass is 10.1. The maximum atomic E-state index is 16.2. The fourth-order valence-corrected chi connectivity index (χ4v) is 6.10. The Morgan fingerprint density at radius 1 is 0.950 bits per heavy atom. The number of rotatable bonds is 2. The van der Waals surface area contributed by atoms with E-state index in [2.05, 4.69) is 30.1 Å². The topological polar surface area (TPSA) is 118 Å². The summed E-state index contributed by atoms with van der Waals surface area (Å²) in [6.07, 6.45) is 6.47. The molecular weight excluding hydrogens is 527 g/mol. The van der Waals surface area contributed by atoms with Gasteiger partial charge < -0.3 is 0 Å². The molecule has 11 heteroatoms. The summed E-state index contributed by atoms with van der Waals surface area (Å²) in [7, 11) is 0. The summed E-state index contributed by atoms with van der Waals surface area (Å²) in [5, 5.41) is 6.64. The molecule has 0 spiro atoms. The molecule has 40 heavy (non-hydrogen) atoms. The Morgan fingerprint density at radius 2 is 1.85 bits per heavy atom. The average molecular weight is 545 g/mol. The number of aromatic amines is 2. The number of nitrogens with one attached hydrogen (secondary N) is 2. The zero-order chi connectivity index (χ0) is 26.8. The molecule has 2 N–H and O–H groups in total. The number of imidazole rings is 1. The first kappa shape index (κ1) is 22.7. The number of hydrogen-bond donors (Lipinski definition) is 2. The smallest absolute Gasteiger partial charge is 0.236 e. The summed E-state index contributed by atoms with van der Waals surface area (Å²) >= 11 is 1.41. The molecule has 8 rings (SSSR count). The van der Waals surface area contributed by atoms with E-state index in [1.807, 2.05) is 42.5 Å². The SMILES string of the molecule is O=C(Cc1ccccc1)n1c2cncc(c2)c2cnc3[nH][nH]c(c4nc5ccnc(c6ccc1s6)c5n4)-c3c2F. The van der Waals surface area contributed by atoms with Crippen LogP contribution >= 0.6 is 11.3 Å². The second-order valence-electron chi connectivity index (χ2n) is 9.37. The third-order valence-electron chi connectivity index (χ3n) is 6.93. The van der Waals surface area contributed by atoms with Crippen molar-refractivity contribution in [3.05, 3.63) is 90.8 Å². The number of benzene rings is 1. The number of thiophene rings is 1. The number of carbonyl (C=O) groups is 1. The highest BCUT2D eigenvalue weighted by Crippen LogP contribution is 2.34. The van der Waals surface area contributed by atoms with Crippen molar-refractivity contribution in [1.82, 2.24) is 39.7 Å². The molecule has 9 nitrogen and oxygen atoms in total. The molecule has 2 aliphatic rings.